The zero-order chi connectivity index (χ0) is 12.8. The van der Waals surface area contributed by atoms with Crippen LogP contribution >= 0.6 is 0 Å². The summed E-state index contributed by atoms with van der Waals surface area (Å²) in [5.41, 5.74) is 4.05. The summed E-state index contributed by atoms with van der Waals surface area (Å²) in [5.74, 6) is 7.06. The predicted octanol–water partition coefficient (Wildman–Crippen LogP) is 2.02. The molecular weight excluding hydrogens is 228 g/mol. The van der Waals surface area contributed by atoms with Gasteiger partial charge in [0.25, 0.3) is 0 Å². The summed E-state index contributed by atoms with van der Waals surface area (Å²) in [6, 6.07) is 8.16. The topological polar surface area (TPSA) is 56.5 Å². The zero-order valence-electron chi connectivity index (χ0n) is 10.9. The molecule has 0 amide bonds. The molecule has 1 aromatic carbocycles. The van der Waals surface area contributed by atoms with Crippen LogP contribution in [0.15, 0.2) is 24.3 Å². The van der Waals surface area contributed by atoms with Crippen molar-refractivity contribution >= 4 is 0 Å². The monoisotopic (exact) mass is 250 g/mol. The number of nitrogens with two attached hydrogens (primary N) is 1. The van der Waals surface area contributed by atoms with E-state index in [-0.39, 0.29) is 6.04 Å². The minimum absolute atomic E-state index is 0.0908. The SMILES string of the molecule is CCOc1ccccc1C(NN)C1CCCOC1. The third-order valence-corrected chi connectivity index (χ3v) is 3.40. The van der Waals surface area contributed by atoms with Crippen molar-refractivity contribution in [3.63, 3.8) is 0 Å². The van der Waals surface area contributed by atoms with Crippen LogP contribution < -0.4 is 16.0 Å². The van der Waals surface area contributed by atoms with Crippen LogP contribution in [0.1, 0.15) is 31.4 Å². The fourth-order valence-corrected chi connectivity index (χ4v) is 2.53. The predicted molar refractivity (Wildman–Crippen MR) is 71.2 cm³/mol. The Labute approximate surface area is 108 Å². The Morgan fingerprint density at radius 1 is 1.50 bits per heavy atom. The van der Waals surface area contributed by atoms with E-state index in [1.807, 2.05) is 25.1 Å². The summed E-state index contributed by atoms with van der Waals surface area (Å²) in [5, 5.41) is 0. The summed E-state index contributed by atoms with van der Waals surface area (Å²) in [4.78, 5) is 0. The second kappa shape index (κ2) is 6.73. The molecule has 100 valence electrons. The lowest BCUT2D eigenvalue weighted by atomic mass is 9.88. The number of benzene rings is 1. The van der Waals surface area contributed by atoms with E-state index in [4.69, 9.17) is 15.3 Å². The van der Waals surface area contributed by atoms with E-state index in [9.17, 15) is 0 Å². The molecule has 4 nitrogen and oxygen atoms in total. The van der Waals surface area contributed by atoms with Gasteiger partial charge >= 0.3 is 0 Å². The summed E-state index contributed by atoms with van der Waals surface area (Å²) in [7, 11) is 0. The standard InChI is InChI=1S/C14H22N2O2/c1-2-18-13-8-4-3-7-12(13)14(16-15)11-6-5-9-17-10-11/h3-4,7-8,11,14,16H,2,5-6,9-10,15H2,1H3. The molecule has 1 fully saturated rings. The van der Waals surface area contributed by atoms with Crippen molar-refractivity contribution in [2.45, 2.75) is 25.8 Å². The van der Waals surface area contributed by atoms with E-state index in [1.165, 1.54) is 0 Å². The lowest BCUT2D eigenvalue weighted by Gasteiger charge is -2.30. The Kier molecular flexibility index (Phi) is 4.99. The quantitative estimate of drug-likeness (QED) is 0.620. The molecule has 2 rings (SSSR count). The second-order valence-electron chi connectivity index (χ2n) is 4.59. The molecule has 1 aliphatic heterocycles. The molecule has 1 saturated heterocycles. The van der Waals surface area contributed by atoms with Crippen LogP contribution in [0, 0.1) is 5.92 Å². The molecule has 0 bridgehead atoms. The first-order valence-corrected chi connectivity index (χ1v) is 6.62. The van der Waals surface area contributed by atoms with Crippen molar-refractivity contribution in [3.8, 4) is 5.75 Å². The summed E-state index contributed by atoms with van der Waals surface area (Å²) in [6.45, 7) is 4.27. The van der Waals surface area contributed by atoms with Crippen molar-refractivity contribution in [3.05, 3.63) is 29.8 Å². The first kappa shape index (κ1) is 13.3. The van der Waals surface area contributed by atoms with Crippen molar-refractivity contribution < 1.29 is 9.47 Å². The molecule has 0 aromatic heterocycles. The highest BCUT2D eigenvalue weighted by Gasteiger charge is 2.26. The maximum absolute atomic E-state index is 5.74. The first-order chi connectivity index (χ1) is 8.86. The highest BCUT2D eigenvalue weighted by atomic mass is 16.5. The molecule has 0 saturated carbocycles. The lowest BCUT2D eigenvalue weighted by Crippen LogP contribution is -2.37. The molecule has 2 unspecified atom stereocenters. The molecule has 1 heterocycles. The van der Waals surface area contributed by atoms with Crippen LogP contribution in [0.4, 0.5) is 0 Å². The van der Waals surface area contributed by atoms with Gasteiger partial charge in [-0.1, -0.05) is 18.2 Å². The molecule has 18 heavy (non-hydrogen) atoms. The van der Waals surface area contributed by atoms with Crippen LogP contribution in [-0.4, -0.2) is 19.8 Å². The highest BCUT2D eigenvalue weighted by Crippen LogP contribution is 2.33. The van der Waals surface area contributed by atoms with Crippen LogP contribution in [0.25, 0.3) is 0 Å². The maximum atomic E-state index is 5.74. The van der Waals surface area contributed by atoms with Crippen molar-refractivity contribution in [2.75, 3.05) is 19.8 Å². The molecule has 0 spiro atoms. The Hall–Kier alpha value is -1.10. The van der Waals surface area contributed by atoms with Gasteiger partial charge < -0.3 is 9.47 Å². The number of ether oxygens (including phenoxy) is 2. The number of hydrogen-bond donors (Lipinski definition) is 2. The zero-order valence-corrected chi connectivity index (χ0v) is 10.9. The summed E-state index contributed by atoms with van der Waals surface area (Å²) in [6.07, 6.45) is 2.23. The van der Waals surface area contributed by atoms with Crippen molar-refractivity contribution in [1.29, 1.82) is 0 Å². The van der Waals surface area contributed by atoms with Crippen LogP contribution in [0.5, 0.6) is 5.75 Å². The summed E-state index contributed by atoms with van der Waals surface area (Å²) >= 11 is 0. The van der Waals surface area contributed by atoms with Crippen LogP contribution in [-0.2, 0) is 4.74 Å². The molecule has 2 atom stereocenters. The Bertz CT molecular complexity index is 365. The van der Waals surface area contributed by atoms with Gasteiger partial charge in [0.1, 0.15) is 5.75 Å². The highest BCUT2D eigenvalue weighted by molar-refractivity contribution is 5.36. The Morgan fingerprint density at radius 2 is 2.33 bits per heavy atom. The van der Waals surface area contributed by atoms with Gasteiger partial charge in [-0.05, 0) is 25.8 Å². The van der Waals surface area contributed by atoms with E-state index in [1.54, 1.807) is 0 Å². The minimum Gasteiger partial charge on any atom is -0.494 e. The molecule has 0 radical (unpaired) electrons. The molecule has 0 aliphatic carbocycles. The number of rotatable bonds is 5. The Morgan fingerprint density at radius 3 is 3.00 bits per heavy atom. The van der Waals surface area contributed by atoms with E-state index in [2.05, 4.69) is 11.5 Å². The third kappa shape index (κ3) is 3.02. The van der Waals surface area contributed by atoms with Gasteiger partial charge in [0.05, 0.1) is 19.3 Å². The molecule has 3 N–H and O–H groups in total. The number of para-hydroxylation sites is 1. The Balaban J connectivity index is 2.20. The lowest BCUT2D eigenvalue weighted by molar-refractivity contribution is 0.0386. The van der Waals surface area contributed by atoms with Gasteiger partial charge in [-0.15, -0.1) is 0 Å². The van der Waals surface area contributed by atoms with Gasteiger partial charge in [-0.3, -0.25) is 11.3 Å². The van der Waals surface area contributed by atoms with E-state index in [0.29, 0.717) is 12.5 Å². The number of hydrazine groups is 1. The normalized spacial score (nSPS) is 21.6. The number of nitrogens with one attached hydrogen (secondary N) is 1. The van der Waals surface area contributed by atoms with Crippen molar-refractivity contribution in [1.82, 2.24) is 5.43 Å². The van der Waals surface area contributed by atoms with Gasteiger partial charge in [0, 0.05) is 18.1 Å². The second-order valence-corrected chi connectivity index (χ2v) is 4.59. The van der Waals surface area contributed by atoms with Gasteiger partial charge in [0.2, 0.25) is 0 Å². The minimum atomic E-state index is 0.0908. The fourth-order valence-electron chi connectivity index (χ4n) is 2.53. The van der Waals surface area contributed by atoms with Gasteiger partial charge in [0.15, 0.2) is 0 Å². The average molecular weight is 250 g/mol. The van der Waals surface area contributed by atoms with Crippen LogP contribution in [0.3, 0.4) is 0 Å². The van der Waals surface area contributed by atoms with E-state index in [0.717, 1.165) is 37.4 Å². The van der Waals surface area contributed by atoms with E-state index < -0.39 is 0 Å². The average Bonchev–Trinajstić information content (AvgIpc) is 2.43. The van der Waals surface area contributed by atoms with Gasteiger partial charge in [-0.2, -0.15) is 0 Å². The largest absolute Gasteiger partial charge is 0.494 e. The molecule has 1 aliphatic rings. The maximum Gasteiger partial charge on any atom is 0.124 e. The molecule has 4 heteroatoms. The first-order valence-electron chi connectivity index (χ1n) is 6.62. The molecule has 1 aromatic rings. The number of hydrogen-bond acceptors (Lipinski definition) is 4. The third-order valence-electron chi connectivity index (χ3n) is 3.40. The fraction of sp³-hybridized carbons (Fsp3) is 0.571. The van der Waals surface area contributed by atoms with Crippen molar-refractivity contribution in [2.24, 2.45) is 11.8 Å². The molecular formula is C14H22N2O2. The summed E-state index contributed by atoms with van der Waals surface area (Å²) < 4.78 is 11.2. The van der Waals surface area contributed by atoms with Gasteiger partial charge in [-0.25, -0.2) is 0 Å². The van der Waals surface area contributed by atoms with E-state index >= 15 is 0 Å². The smallest absolute Gasteiger partial charge is 0.124 e. The van der Waals surface area contributed by atoms with Crippen LogP contribution in [0.2, 0.25) is 0 Å².